The SMILES string of the molecule is CC1(C)C[C@H](NC(=O)[C@H]2CCCN(Cc3ccccc3Cl)C2)c2ccccc2O1. The molecule has 2 heterocycles. The van der Waals surface area contributed by atoms with E-state index in [1.54, 1.807) is 0 Å². The lowest BCUT2D eigenvalue weighted by atomic mass is 9.88. The highest BCUT2D eigenvalue weighted by atomic mass is 35.5. The molecule has 2 aliphatic rings. The number of amides is 1. The van der Waals surface area contributed by atoms with Crippen molar-refractivity contribution in [2.45, 2.75) is 51.3 Å². The number of nitrogens with one attached hydrogen (secondary N) is 1. The van der Waals surface area contributed by atoms with Gasteiger partial charge in [-0.3, -0.25) is 9.69 Å². The van der Waals surface area contributed by atoms with Crippen LogP contribution in [-0.2, 0) is 11.3 Å². The highest BCUT2D eigenvalue weighted by Gasteiger charge is 2.36. The van der Waals surface area contributed by atoms with Crippen molar-refractivity contribution in [1.82, 2.24) is 10.2 Å². The fourth-order valence-electron chi connectivity index (χ4n) is 4.50. The van der Waals surface area contributed by atoms with Gasteiger partial charge in [0, 0.05) is 30.1 Å². The number of fused-ring (bicyclic) bond motifs is 1. The van der Waals surface area contributed by atoms with E-state index in [2.05, 4.69) is 36.2 Å². The van der Waals surface area contributed by atoms with Crippen molar-refractivity contribution in [2.24, 2.45) is 5.92 Å². The Kier molecular flexibility index (Phi) is 5.84. The molecule has 1 N–H and O–H groups in total. The van der Waals surface area contributed by atoms with Gasteiger partial charge in [0.25, 0.3) is 0 Å². The molecule has 1 fully saturated rings. The number of hydrogen-bond donors (Lipinski definition) is 1. The summed E-state index contributed by atoms with van der Waals surface area (Å²) in [6, 6.07) is 16.0. The van der Waals surface area contributed by atoms with Crippen LogP contribution in [0, 0.1) is 5.92 Å². The Morgan fingerprint density at radius 1 is 1.21 bits per heavy atom. The molecule has 0 spiro atoms. The molecule has 4 nitrogen and oxygen atoms in total. The van der Waals surface area contributed by atoms with Gasteiger partial charge < -0.3 is 10.1 Å². The van der Waals surface area contributed by atoms with Crippen LogP contribution in [0.25, 0.3) is 0 Å². The van der Waals surface area contributed by atoms with Crippen LogP contribution in [0.15, 0.2) is 48.5 Å². The number of halogens is 1. The van der Waals surface area contributed by atoms with E-state index in [0.29, 0.717) is 0 Å². The van der Waals surface area contributed by atoms with Gasteiger partial charge >= 0.3 is 0 Å². The van der Waals surface area contributed by atoms with Gasteiger partial charge in [-0.25, -0.2) is 0 Å². The molecule has 0 radical (unpaired) electrons. The van der Waals surface area contributed by atoms with Crippen molar-refractivity contribution in [3.8, 4) is 5.75 Å². The molecule has 2 aromatic carbocycles. The number of carbonyl (C=O) groups is 1. The fraction of sp³-hybridized carbons (Fsp3) is 0.458. The number of ether oxygens (including phenoxy) is 1. The van der Waals surface area contributed by atoms with Crippen molar-refractivity contribution < 1.29 is 9.53 Å². The maximum atomic E-state index is 13.1. The minimum Gasteiger partial charge on any atom is -0.487 e. The molecule has 5 heteroatoms. The average molecular weight is 413 g/mol. The summed E-state index contributed by atoms with van der Waals surface area (Å²) in [5, 5.41) is 4.12. The van der Waals surface area contributed by atoms with Crippen LogP contribution < -0.4 is 10.1 Å². The van der Waals surface area contributed by atoms with Crippen molar-refractivity contribution in [2.75, 3.05) is 13.1 Å². The highest BCUT2D eigenvalue weighted by Crippen LogP contribution is 2.39. The lowest BCUT2D eigenvalue weighted by Gasteiger charge is -2.39. The Balaban J connectivity index is 1.42. The average Bonchev–Trinajstić information content (AvgIpc) is 2.69. The molecule has 1 amide bonds. The number of nitrogens with zero attached hydrogens (tertiary/aromatic N) is 1. The zero-order valence-corrected chi connectivity index (χ0v) is 17.9. The van der Waals surface area contributed by atoms with Crippen molar-refractivity contribution in [1.29, 1.82) is 0 Å². The second kappa shape index (κ2) is 8.37. The maximum Gasteiger partial charge on any atom is 0.224 e. The molecular formula is C24H29ClN2O2. The number of para-hydroxylation sites is 1. The topological polar surface area (TPSA) is 41.6 Å². The summed E-state index contributed by atoms with van der Waals surface area (Å²) in [6.45, 7) is 6.71. The first-order chi connectivity index (χ1) is 13.9. The second-order valence-corrected chi connectivity index (χ2v) is 9.24. The number of likely N-dealkylation sites (tertiary alicyclic amines) is 1. The van der Waals surface area contributed by atoms with Crippen LogP contribution in [0.4, 0.5) is 0 Å². The highest BCUT2D eigenvalue weighted by molar-refractivity contribution is 6.31. The third kappa shape index (κ3) is 4.76. The van der Waals surface area contributed by atoms with Crippen LogP contribution in [-0.4, -0.2) is 29.5 Å². The molecule has 29 heavy (non-hydrogen) atoms. The summed E-state index contributed by atoms with van der Waals surface area (Å²) >= 11 is 6.33. The molecule has 154 valence electrons. The van der Waals surface area contributed by atoms with Gasteiger partial charge in [0.05, 0.1) is 12.0 Å². The van der Waals surface area contributed by atoms with E-state index in [1.165, 1.54) is 0 Å². The van der Waals surface area contributed by atoms with E-state index in [1.807, 2.05) is 36.4 Å². The largest absolute Gasteiger partial charge is 0.487 e. The van der Waals surface area contributed by atoms with Gasteiger partial charge in [-0.15, -0.1) is 0 Å². The van der Waals surface area contributed by atoms with E-state index in [0.717, 1.165) is 60.8 Å². The van der Waals surface area contributed by atoms with Crippen LogP contribution in [0.3, 0.4) is 0 Å². The summed E-state index contributed by atoms with van der Waals surface area (Å²) in [6.07, 6.45) is 2.73. The molecule has 2 aromatic rings. The predicted octanol–water partition coefficient (Wildman–Crippen LogP) is 4.97. The minimum absolute atomic E-state index is 0.00403. The van der Waals surface area contributed by atoms with Gasteiger partial charge in [0.15, 0.2) is 0 Å². The van der Waals surface area contributed by atoms with Gasteiger partial charge in [-0.1, -0.05) is 48.0 Å². The lowest BCUT2D eigenvalue weighted by molar-refractivity contribution is -0.128. The number of carbonyl (C=O) groups excluding carboxylic acids is 1. The summed E-state index contributed by atoms with van der Waals surface area (Å²) in [5.41, 5.74) is 1.90. The number of rotatable bonds is 4. The molecule has 0 bridgehead atoms. The predicted molar refractivity (Wildman–Crippen MR) is 116 cm³/mol. The van der Waals surface area contributed by atoms with E-state index in [4.69, 9.17) is 16.3 Å². The quantitative estimate of drug-likeness (QED) is 0.770. The number of piperidine rings is 1. The number of benzene rings is 2. The minimum atomic E-state index is -0.297. The van der Waals surface area contributed by atoms with Crippen LogP contribution in [0.5, 0.6) is 5.75 Å². The summed E-state index contributed by atoms with van der Waals surface area (Å²) in [4.78, 5) is 15.5. The second-order valence-electron chi connectivity index (χ2n) is 8.83. The van der Waals surface area contributed by atoms with E-state index >= 15 is 0 Å². The summed E-state index contributed by atoms with van der Waals surface area (Å²) in [7, 11) is 0. The third-order valence-electron chi connectivity index (χ3n) is 5.92. The Bertz CT molecular complexity index is 883. The fourth-order valence-corrected chi connectivity index (χ4v) is 4.70. The Morgan fingerprint density at radius 3 is 2.79 bits per heavy atom. The Labute approximate surface area is 178 Å². The monoisotopic (exact) mass is 412 g/mol. The lowest BCUT2D eigenvalue weighted by Crippen LogP contribution is -2.46. The van der Waals surface area contributed by atoms with Gasteiger partial charge in [0.1, 0.15) is 11.4 Å². The molecular weight excluding hydrogens is 384 g/mol. The Morgan fingerprint density at radius 2 is 1.97 bits per heavy atom. The van der Waals surface area contributed by atoms with Crippen LogP contribution in [0.1, 0.15) is 50.3 Å². The molecule has 0 aliphatic carbocycles. The van der Waals surface area contributed by atoms with Crippen molar-refractivity contribution in [3.05, 3.63) is 64.7 Å². The molecule has 0 unspecified atom stereocenters. The Hall–Kier alpha value is -2.04. The van der Waals surface area contributed by atoms with Gasteiger partial charge in [-0.2, -0.15) is 0 Å². The molecule has 1 saturated heterocycles. The molecule has 4 rings (SSSR count). The first-order valence-corrected chi connectivity index (χ1v) is 10.8. The molecule has 0 saturated carbocycles. The van der Waals surface area contributed by atoms with Crippen LogP contribution >= 0.6 is 11.6 Å². The van der Waals surface area contributed by atoms with E-state index in [-0.39, 0.29) is 23.5 Å². The van der Waals surface area contributed by atoms with Crippen molar-refractivity contribution in [3.63, 3.8) is 0 Å². The van der Waals surface area contributed by atoms with Crippen molar-refractivity contribution >= 4 is 17.5 Å². The molecule has 0 aromatic heterocycles. The first-order valence-electron chi connectivity index (χ1n) is 10.5. The maximum absolute atomic E-state index is 13.1. The first kappa shape index (κ1) is 20.2. The van der Waals surface area contributed by atoms with Gasteiger partial charge in [0.2, 0.25) is 5.91 Å². The number of hydrogen-bond acceptors (Lipinski definition) is 3. The third-order valence-corrected chi connectivity index (χ3v) is 6.29. The summed E-state index contributed by atoms with van der Waals surface area (Å²) < 4.78 is 6.10. The molecule has 2 atom stereocenters. The van der Waals surface area contributed by atoms with E-state index < -0.39 is 0 Å². The summed E-state index contributed by atoms with van der Waals surface area (Å²) in [5.74, 6) is 1.02. The standard InChI is InChI=1S/C24H29ClN2O2/c1-24(2)14-21(19-10-4-6-12-22(19)29-24)26-23(28)18-9-7-13-27(16-18)15-17-8-3-5-11-20(17)25/h3-6,8,10-12,18,21H,7,9,13-16H2,1-2H3,(H,26,28)/t18-,21-/m0/s1. The normalized spacial score (nSPS) is 23.7. The zero-order valence-electron chi connectivity index (χ0n) is 17.2. The molecule has 2 aliphatic heterocycles. The smallest absolute Gasteiger partial charge is 0.224 e. The van der Waals surface area contributed by atoms with Crippen LogP contribution in [0.2, 0.25) is 5.02 Å². The zero-order chi connectivity index (χ0) is 20.4. The van der Waals surface area contributed by atoms with Gasteiger partial charge in [-0.05, 0) is 50.9 Å². The van der Waals surface area contributed by atoms with E-state index in [9.17, 15) is 4.79 Å².